The van der Waals surface area contributed by atoms with Crippen LogP contribution in [0.4, 0.5) is 9.59 Å². The minimum absolute atomic E-state index is 0.0188. The fraction of sp³-hybridized carbons (Fsp3) is 0.478. The fourth-order valence-corrected chi connectivity index (χ4v) is 6.24. The number of esters is 1. The number of aromatic amines is 1. The summed E-state index contributed by atoms with van der Waals surface area (Å²) in [6.07, 6.45) is -0.875. The summed E-state index contributed by atoms with van der Waals surface area (Å²) in [5.74, 6) is -3.74. The maximum absolute atomic E-state index is 13.7. The van der Waals surface area contributed by atoms with Crippen LogP contribution in [0.1, 0.15) is 33.4 Å². The summed E-state index contributed by atoms with van der Waals surface area (Å²) in [5.41, 5.74) is -1.58. The Morgan fingerprint density at radius 1 is 1.27 bits per heavy atom. The molecule has 4 heterocycles. The molecule has 220 valence electrons. The van der Waals surface area contributed by atoms with Gasteiger partial charge >= 0.3 is 24.1 Å². The van der Waals surface area contributed by atoms with Crippen molar-refractivity contribution in [1.29, 1.82) is 5.41 Å². The number of hydrazine groups is 1. The second kappa shape index (κ2) is 11.4. The van der Waals surface area contributed by atoms with E-state index in [4.69, 9.17) is 14.9 Å². The van der Waals surface area contributed by atoms with Crippen molar-refractivity contribution in [2.24, 2.45) is 4.99 Å². The number of thioether (sulfide) groups is 1. The number of β-lactam (4-membered cyclic amide) rings is 1. The quantitative estimate of drug-likeness (QED) is 0.188. The minimum Gasteiger partial charge on any atom is -0.477 e. The first-order chi connectivity index (χ1) is 19.2. The fourth-order valence-electron chi connectivity index (χ4n) is 4.17. The molecule has 0 radical (unpaired) electrons. The summed E-state index contributed by atoms with van der Waals surface area (Å²) in [6, 6.07) is -1.97. The van der Waals surface area contributed by atoms with Crippen molar-refractivity contribution in [2.45, 2.75) is 44.7 Å². The monoisotopic (exact) mass is 609 g/mol. The summed E-state index contributed by atoms with van der Waals surface area (Å²) in [6.45, 7) is 6.06. The van der Waals surface area contributed by atoms with Gasteiger partial charge in [0.25, 0.3) is 11.8 Å². The number of urea groups is 1. The lowest BCUT2D eigenvalue weighted by molar-refractivity contribution is -0.169. The Morgan fingerprint density at radius 3 is 2.56 bits per heavy atom. The number of nitrogens with one attached hydrogen (secondary N) is 3. The van der Waals surface area contributed by atoms with Crippen LogP contribution in [0.25, 0.3) is 0 Å². The van der Waals surface area contributed by atoms with Gasteiger partial charge in [0.05, 0.1) is 12.2 Å². The number of carboxylic acid groups (broad SMARTS) is 1. The van der Waals surface area contributed by atoms with Gasteiger partial charge in [-0.25, -0.2) is 24.4 Å². The number of hydrogen-bond acceptors (Lipinski definition) is 11. The van der Waals surface area contributed by atoms with E-state index in [1.165, 1.54) is 12.3 Å². The third kappa shape index (κ3) is 6.12. The van der Waals surface area contributed by atoms with Gasteiger partial charge in [-0.3, -0.25) is 24.7 Å². The highest BCUT2D eigenvalue weighted by Gasteiger charge is 2.59. The number of rotatable bonds is 7. The van der Waals surface area contributed by atoms with E-state index >= 15 is 0 Å². The molecule has 16 nitrogen and oxygen atoms in total. The van der Waals surface area contributed by atoms with Gasteiger partial charge in [0.15, 0.2) is 10.8 Å². The van der Waals surface area contributed by atoms with Gasteiger partial charge in [0.1, 0.15) is 29.0 Å². The summed E-state index contributed by atoms with van der Waals surface area (Å²) in [4.78, 5) is 82.6. The molecule has 2 fully saturated rings. The van der Waals surface area contributed by atoms with Gasteiger partial charge in [-0.15, -0.1) is 28.1 Å². The van der Waals surface area contributed by atoms with Crippen molar-refractivity contribution in [2.75, 3.05) is 25.4 Å². The third-order valence-corrected chi connectivity index (χ3v) is 7.93. The van der Waals surface area contributed by atoms with Crippen molar-refractivity contribution in [3.05, 3.63) is 27.1 Å². The largest absolute Gasteiger partial charge is 0.477 e. The summed E-state index contributed by atoms with van der Waals surface area (Å²) < 4.78 is 10.1. The molecule has 0 bridgehead atoms. The molecule has 0 saturated carbocycles. The maximum atomic E-state index is 13.7. The van der Waals surface area contributed by atoms with Crippen LogP contribution in [0.2, 0.25) is 0 Å². The van der Waals surface area contributed by atoms with Crippen LogP contribution in [-0.2, 0) is 28.7 Å². The number of carboxylic acids is 1. The first-order valence-electron chi connectivity index (χ1n) is 12.2. The summed E-state index contributed by atoms with van der Waals surface area (Å²) >= 11 is 2.07. The van der Waals surface area contributed by atoms with Gasteiger partial charge in [-0.05, 0) is 20.8 Å². The maximum Gasteiger partial charge on any atom is 0.436 e. The minimum atomic E-state index is -1.41. The van der Waals surface area contributed by atoms with E-state index in [0.717, 1.165) is 38.0 Å². The molecule has 4 rings (SSSR count). The van der Waals surface area contributed by atoms with Crippen molar-refractivity contribution in [1.82, 2.24) is 25.2 Å². The number of aromatic nitrogens is 1. The Balaban J connectivity index is 1.62. The molecule has 1 aromatic heterocycles. The Labute approximate surface area is 240 Å². The third-order valence-electron chi connectivity index (χ3n) is 5.84. The predicted molar refractivity (Wildman–Crippen MR) is 142 cm³/mol. The molecule has 1 aromatic rings. The van der Waals surface area contributed by atoms with E-state index in [9.17, 15) is 33.9 Å². The summed E-state index contributed by atoms with van der Waals surface area (Å²) in [7, 11) is 0. The number of H-pyrrole nitrogens is 1. The van der Waals surface area contributed by atoms with E-state index in [-0.39, 0.29) is 47.2 Å². The number of ether oxygens (including phenoxy) is 2. The average Bonchev–Trinajstić information content (AvgIpc) is 3.51. The lowest BCUT2D eigenvalue weighted by Crippen LogP contribution is -2.74. The number of thiazole rings is 1. The molecule has 0 spiro atoms. The molecule has 2 atom stereocenters. The van der Waals surface area contributed by atoms with Gasteiger partial charge in [-0.2, -0.15) is 0 Å². The zero-order valence-corrected chi connectivity index (χ0v) is 24.0. The number of hydrogen-bond donors (Lipinski definition) is 4. The average molecular weight is 610 g/mol. The highest BCUT2D eigenvalue weighted by Crippen LogP contribution is 2.43. The molecule has 3 aliphatic heterocycles. The molecule has 3 aliphatic rings. The standard InChI is InChI=1S/C23H27N7O9S2/c1-10(31)38-7-11-8-40-18-15(17(33)29(18)14(11)19(34)35)30(28-6-5-25-21(28)36)16(32)13(24)12-9-41-20(26-12)27-22(37)39-23(2,3)4/h9,15,18,24H,5-8H2,1-4H3,(H,25,36)(H,34,35)(H,26,27,37)/t15?,18-/m0/s1. The molecule has 0 aliphatic carbocycles. The van der Waals surface area contributed by atoms with E-state index in [2.05, 4.69) is 15.3 Å². The Bertz CT molecular complexity index is 1440. The van der Waals surface area contributed by atoms with Gasteiger partial charge < -0.3 is 24.9 Å². The highest BCUT2D eigenvalue weighted by molar-refractivity contribution is 8.00. The number of nitrogens with zero attached hydrogens (tertiary/aromatic N) is 4. The Kier molecular flexibility index (Phi) is 8.25. The van der Waals surface area contributed by atoms with Crippen LogP contribution < -0.4 is 10.1 Å². The molecule has 18 heteroatoms. The molecule has 1 unspecified atom stereocenters. The Hall–Kier alpha value is -4.19. The van der Waals surface area contributed by atoms with Crippen LogP contribution in [0.5, 0.6) is 0 Å². The zero-order valence-electron chi connectivity index (χ0n) is 22.4. The number of carbonyl (C=O) groups is 6. The second-order valence-electron chi connectivity index (χ2n) is 9.94. The lowest BCUT2D eigenvalue weighted by Gasteiger charge is -2.53. The van der Waals surface area contributed by atoms with E-state index in [1.54, 1.807) is 20.8 Å². The van der Waals surface area contributed by atoms with Crippen molar-refractivity contribution in [3.8, 4) is 0 Å². The molecule has 5 amide bonds. The van der Waals surface area contributed by atoms with Crippen LogP contribution in [0.3, 0.4) is 0 Å². The molecular weight excluding hydrogens is 582 g/mol. The normalized spacial score (nSPS) is 20.7. The van der Waals surface area contributed by atoms with Crippen LogP contribution >= 0.6 is 23.1 Å². The van der Waals surface area contributed by atoms with Gasteiger partial charge in [0, 0.05) is 30.2 Å². The lowest BCUT2D eigenvalue weighted by atomic mass is 10.0. The van der Waals surface area contributed by atoms with E-state index in [1.807, 2.05) is 0 Å². The number of fused-ring (bicyclic) bond motifs is 1. The van der Waals surface area contributed by atoms with Gasteiger partial charge in [0.2, 0.25) is 0 Å². The first kappa shape index (κ1) is 29.8. The van der Waals surface area contributed by atoms with Crippen molar-refractivity contribution in [3.63, 3.8) is 0 Å². The smallest absolute Gasteiger partial charge is 0.436 e. The van der Waals surface area contributed by atoms with Crippen LogP contribution in [0, 0.1) is 5.41 Å². The number of aliphatic carboxylic acids is 1. The number of carbonyl (C=O) groups excluding carboxylic acids is 5. The summed E-state index contributed by atoms with van der Waals surface area (Å²) in [5, 5.41) is 23.3. The Morgan fingerprint density at radius 2 is 1.98 bits per heavy atom. The van der Waals surface area contributed by atoms with Gasteiger partial charge in [-0.1, -0.05) is 0 Å². The van der Waals surface area contributed by atoms with Crippen molar-refractivity contribution < 1.29 is 43.3 Å². The topological polar surface area (TPSA) is 215 Å². The van der Waals surface area contributed by atoms with Crippen LogP contribution in [-0.4, -0.2) is 109 Å². The molecule has 41 heavy (non-hydrogen) atoms. The molecule has 2 saturated heterocycles. The second-order valence-corrected chi connectivity index (χ2v) is 11.9. The highest BCUT2D eigenvalue weighted by atomic mass is 32.2. The molecule has 0 aromatic carbocycles. The van der Waals surface area contributed by atoms with E-state index < -0.39 is 58.6 Å². The van der Waals surface area contributed by atoms with Crippen molar-refractivity contribution >= 4 is 64.7 Å². The predicted octanol–water partition coefficient (Wildman–Crippen LogP) is 0.234. The van der Waals surface area contributed by atoms with Crippen LogP contribution in [0.15, 0.2) is 21.6 Å². The molecular formula is C23H27N7O9S2. The first-order valence-corrected chi connectivity index (χ1v) is 14.1. The molecule has 4 N–H and O–H groups in total. The zero-order chi connectivity index (χ0) is 30.2. The SMILES string of the molecule is CC(=O)OCC1=C(C(=O)O)N2C(=O)C(N(C(=O)C(=N)c3csc(=NC(=O)OC(C)(C)C)[nH]3)N3CCNC3=O)[C@@H]2SC1. The van der Waals surface area contributed by atoms with E-state index in [0.29, 0.717) is 0 Å². The number of amides is 5.